The summed E-state index contributed by atoms with van der Waals surface area (Å²) in [6, 6.07) is 7.60. The SMILES string of the molecule is CS(=O)(=O)OC1CCOCc2ccccc21. The molecule has 1 aliphatic heterocycles. The lowest BCUT2D eigenvalue weighted by Crippen LogP contribution is -2.11. The lowest BCUT2D eigenvalue weighted by Gasteiger charge is -2.15. The normalized spacial score (nSPS) is 21.2. The first kappa shape index (κ1) is 11.6. The Hall–Kier alpha value is -0.910. The third-order valence-corrected chi connectivity index (χ3v) is 3.06. The van der Waals surface area contributed by atoms with Crippen LogP contribution < -0.4 is 0 Å². The minimum Gasteiger partial charge on any atom is -0.377 e. The molecule has 1 aliphatic rings. The molecule has 1 aromatic rings. The fourth-order valence-corrected chi connectivity index (χ4v) is 2.44. The summed E-state index contributed by atoms with van der Waals surface area (Å²) in [5.74, 6) is 0. The average molecular weight is 242 g/mol. The maximum absolute atomic E-state index is 11.2. The van der Waals surface area contributed by atoms with Gasteiger partial charge in [-0.15, -0.1) is 0 Å². The molecule has 0 saturated heterocycles. The molecule has 0 aliphatic carbocycles. The van der Waals surface area contributed by atoms with Gasteiger partial charge in [0.1, 0.15) is 6.10 Å². The maximum atomic E-state index is 11.2. The molecule has 0 aromatic heterocycles. The smallest absolute Gasteiger partial charge is 0.264 e. The molecule has 1 atom stereocenters. The first-order chi connectivity index (χ1) is 7.56. The van der Waals surface area contributed by atoms with E-state index in [0.29, 0.717) is 19.6 Å². The van der Waals surface area contributed by atoms with Crippen molar-refractivity contribution < 1.29 is 17.3 Å². The minimum atomic E-state index is -3.44. The topological polar surface area (TPSA) is 52.6 Å². The van der Waals surface area contributed by atoms with Crippen LogP contribution in [-0.2, 0) is 25.6 Å². The van der Waals surface area contributed by atoms with Crippen LogP contribution in [0.5, 0.6) is 0 Å². The zero-order valence-corrected chi connectivity index (χ0v) is 9.87. The number of fused-ring (bicyclic) bond motifs is 1. The summed E-state index contributed by atoms with van der Waals surface area (Å²) in [5.41, 5.74) is 1.90. The van der Waals surface area contributed by atoms with E-state index >= 15 is 0 Å². The van der Waals surface area contributed by atoms with E-state index in [1.165, 1.54) is 0 Å². The fraction of sp³-hybridized carbons (Fsp3) is 0.455. The maximum Gasteiger partial charge on any atom is 0.264 e. The van der Waals surface area contributed by atoms with Gasteiger partial charge in [-0.25, -0.2) is 0 Å². The van der Waals surface area contributed by atoms with E-state index in [9.17, 15) is 8.42 Å². The molecule has 0 bridgehead atoms. The van der Waals surface area contributed by atoms with Crippen LogP contribution in [-0.4, -0.2) is 21.3 Å². The van der Waals surface area contributed by atoms with Crippen molar-refractivity contribution in [3.63, 3.8) is 0 Å². The van der Waals surface area contributed by atoms with Gasteiger partial charge in [-0.05, 0) is 11.1 Å². The Bertz CT molecular complexity index is 467. The average Bonchev–Trinajstić information content (AvgIpc) is 2.39. The lowest BCUT2D eigenvalue weighted by atomic mass is 10.0. The van der Waals surface area contributed by atoms with Crippen LogP contribution in [0.1, 0.15) is 23.7 Å². The number of hydrogen-bond acceptors (Lipinski definition) is 4. The van der Waals surface area contributed by atoms with Crippen molar-refractivity contribution in [3.8, 4) is 0 Å². The quantitative estimate of drug-likeness (QED) is 0.739. The fourth-order valence-electron chi connectivity index (χ4n) is 1.82. The van der Waals surface area contributed by atoms with E-state index in [4.69, 9.17) is 8.92 Å². The Kier molecular flexibility index (Phi) is 3.28. The molecule has 0 radical (unpaired) electrons. The molecule has 2 rings (SSSR count). The predicted octanol–water partition coefficient (Wildman–Crippen LogP) is 1.62. The van der Waals surface area contributed by atoms with Crippen molar-refractivity contribution >= 4 is 10.1 Å². The molecule has 4 nitrogen and oxygen atoms in total. The largest absolute Gasteiger partial charge is 0.377 e. The molecule has 0 saturated carbocycles. The van der Waals surface area contributed by atoms with Gasteiger partial charge >= 0.3 is 0 Å². The third-order valence-electron chi connectivity index (χ3n) is 2.47. The van der Waals surface area contributed by atoms with Crippen molar-refractivity contribution in [2.24, 2.45) is 0 Å². The van der Waals surface area contributed by atoms with E-state index in [-0.39, 0.29) is 0 Å². The van der Waals surface area contributed by atoms with Crippen molar-refractivity contribution in [1.82, 2.24) is 0 Å². The summed E-state index contributed by atoms with van der Waals surface area (Å²) in [4.78, 5) is 0. The Balaban J connectivity index is 2.32. The number of hydrogen-bond donors (Lipinski definition) is 0. The van der Waals surface area contributed by atoms with Gasteiger partial charge < -0.3 is 4.74 Å². The highest BCUT2D eigenvalue weighted by atomic mass is 32.2. The highest BCUT2D eigenvalue weighted by Crippen LogP contribution is 2.29. The molecule has 16 heavy (non-hydrogen) atoms. The molecule has 1 unspecified atom stereocenters. The second kappa shape index (κ2) is 4.53. The van der Waals surface area contributed by atoms with Crippen molar-refractivity contribution in [1.29, 1.82) is 0 Å². The zero-order valence-electron chi connectivity index (χ0n) is 9.05. The summed E-state index contributed by atoms with van der Waals surface area (Å²) in [5, 5.41) is 0. The molecule has 1 aromatic carbocycles. The van der Waals surface area contributed by atoms with Crippen molar-refractivity contribution in [2.75, 3.05) is 12.9 Å². The highest BCUT2D eigenvalue weighted by Gasteiger charge is 2.22. The second-order valence-corrected chi connectivity index (χ2v) is 5.43. The van der Waals surface area contributed by atoms with Crippen LogP contribution in [0.3, 0.4) is 0 Å². The van der Waals surface area contributed by atoms with Crippen LogP contribution in [0.25, 0.3) is 0 Å². The van der Waals surface area contributed by atoms with E-state index in [1.807, 2.05) is 24.3 Å². The van der Waals surface area contributed by atoms with Crippen LogP contribution in [0.2, 0.25) is 0 Å². The van der Waals surface area contributed by atoms with Crippen LogP contribution in [0.4, 0.5) is 0 Å². The predicted molar refractivity (Wildman–Crippen MR) is 59.4 cm³/mol. The van der Waals surface area contributed by atoms with Gasteiger partial charge in [-0.3, -0.25) is 4.18 Å². The molecule has 5 heteroatoms. The van der Waals surface area contributed by atoms with Gasteiger partial charge in [0, 0.05) is 13.0 Å². The van der Waals surface area contributed by atoms with Gasteiger partial charge in [-0.2, -0.15) is 8.42 Å². The first-order valence-electron chi connectivity index (χ1n) is 5.10. The molecule has 1 heterocycles. The molecular formula is C11H14O4S. The monoisotopic (exact) mass is 242 g/mol. The first-order valence-corrected chi connectivity index (χ1v) is 6.92. The molecule has 0 amide bonds. The Labute approximate surface area is 95.3 Å². The summed E-state index contributed by atoms with van der Waals surface area (Å²) in [6.07, 6.45) is 1.21. The van der Waals surface area contributed by atoms with Crippen molar-refractivity contribution in [3.05, 3.63) is 35.4 Å². The summed E-state index contributed by atoms with van der Waals surface area (Å²) < 4.78 is 32.8. The number of rotatable bonds is 2. The highest BCUT2D eigenvalue weighted by molar-refractivity contribution is 7.86. The Morgan fingerprint density at radius 2 is 2.12 bits per heavy atom. The number of ether oxygens (including phenoxy) is 1. The molecule has 0 N–H and O–H groups in total. The lowest BCUT2D eigenvalue weighted by molar-refractivity contribution is 0.100. The van der Waals surface area contributed by atoms with Crippen molar-refractivity contribution in [2.45, 2.75) is 19.1 Å². The minimum absolute atomic E-state index is 0.423. The second-order valence-electron chi connectivity index (χ2n) is 3.83. The Morgan fingerprint density at radius 1 is 1.38 bits per heavy atom. The zero-order chi connectivity index (χ0) is 11.6. The summed E-state index contributed by atoms with van der Waals surface area (Å²) in [6.45, 7) is 1.02. The molecular weight excluding hydrogens is 228 g/mol. The molecule has 88 valence electrons. The third kappa shape index (κ3) is 2.81. The van der Waals surface area contributed by atoms with Gasteiger partial charge in [-0.1, -0.05) is 24.3 Å². The van der Waals surface area contributed by atoms with Crippen LogP contribution >= 0.6 is 0 Å². The summed E-state index contributed by atoms with van der Waals surface area (Å²) >= 11 is 0. The van der Waals surface area contributed by atoms with Gasteiger partial charge in [0.15, 0.2) is 0 Å². The molecule has 0 spiro atoms. The van der Waals surface area contributed by atoms with Gasteiger partial charge in [0.2, 0.25) is 0 Å². The van der Waals surface area contributed by atoms with Gasteiger partial charge in [0.25, 0.3) is 10.1 Å². The van der Waals surface area contributed by atoms with E-state index in [1.54, 1.807) is 0 Å². The molecule has 0 fully saturated rings. The van der Waals surface area contributed by atoms with Crippen LogP contribution in [0.15, 0.2) is 24.3 Å². The summed E-state index contributed by atoms with van der Waals surface area (Å²) in [7, 11) is -3.44. The number of benzene rings is 1. The standard InChI is InChI=1S/C11H14O4S/c1-16(12,13)15-11-6-7-14-8-9-4-2-3-5-10(9)11/h2-5,11H,6-8H2,1H3. The van der Waals surface area contributed by atoms with Gasteiger partial charge in [0.05, 0.1) is 12.9 Å². The van der Waals surface area contributed by atoms with E-state index < -0.39 is 16.2 Å². The van der Waals surface area contributed by atoms with Crippen LogP contribution in [0, 0.1) is 0 Å². The van der Waals surface area contributed by atoms with E-state index in [0.717, 1.165) is 17.4 Å². The van der Waals surface area contributed by atoms with E-state index in [2.05, 4.69) is 0 Å². The Morgan fingerprint density at radius 3 is 2.88 bits per heavy atom.